The van der Waals surface area contributed by atoms with Crippen molar-refractivity contribution < 1.29 is 19.1 Å². The lowest BCUT2D eigenvalue weighted by atomic mass is 10.0. The summed E-state index contributed by atoms with van der Waals surface area (Å²) in [6.45, 7) is 1.90. The van der Waals surface area contributed by atoms with Crippen molar-refractivity contribution in [1.82, 2.24) is 10.4 Å². The number of fused-ring (bicyclic) bond motifs is 1. The van der Waals surface area contributed by atoms with Crippen molar-refractivity contribution in [3.05, 3.63) is 96.1 Å². The van der Waals surface area contributed by atoms with Gasteiger partial charge in [-0.1, -0.05) is 48.5 Å². The molecular weight excluding hydrogens is 430 g/mol. The topological polar surface area (TPSA) is 89.9 Å². The van der Waals surface area contributed by atoms with Gasteiger partial charge in [0.25, 0.3) is 5.91 Å². The summed E-state index contributed by atoms with van der Waals surface area (Å²) in [5, 5.41) is 4.84. The van der Waals surface area contributed by atoms with Crippen LogP contribution in [-0.2, 0) is 9.53 Å². The molecular formula is C27H23N3O4. The fourth-order valence-electron chi connectivity index (χ4n) is 3.34. The van der Waals surface area contributed by atoms with Gasteiger partial charge in [0.2, 0.25) is 0 Å². The predicted molar refractivity (Wildman–Crippen MR) is 131 cm³/mol. The van der Waals surface area contributed by atoms with Gasteiger partial charge in [0.05, 0.1) is 29.6 Å². The number of esters is 1. The number of nitrogens with one attached hydrogen (secondary N) is 1. The molecule has 1 N–H and O–H groups in total. The first kappa shape index (κ1) is 22.7. The SMILES string of the molecule is CCOC(=O)COc1ccc(/C=N/NC(=O)c2cc(-c3ccccc3)nc3ccccc23)cc1. The van der Waals surface area contributed by atoms with Gasteiger partial charge in [-0.25, -0.2) is 15.2 Å². The number of hydrogen-bond donors (Lipinski definition) is 1. The first-order chi connectivity index (χ1) is 16.6. The van der Waals surface area contributed by atoms with Crippen molar-refractivity contribution in [2.45, 2.75) is 6.92 Å². The molecule has 4 rings (SSSR count). The number of benzene rings is 3. The van der Waals surface area contributed by atoms with Gasteiger partial charge >= 0.3 is 5.97 Å². The molecule has 0 saturated carbocycles. The molecule has 0 fully saturated rings. The summed E-state index contributed by atoms with van der Waals surface area (Å²) in [7, 11) is 0. The van der Waals surface area contributed by atoms with E-state index in [0.29, 0.717) is 23.6 Å². The van der Waals surface area contributed by atoms with Crippen LogP contribution < -0.4 is 10.2 Å². The Morgan fingerprint density at radius 1 is 0.971 bits per heavy atom. The van der Waals surface area contributed by atoms with E-state index in [9.17, 15) is 9.59 Å². The van der Waals surface area contributed by atoms with Crippen LogP contribution in [0, 0.1) is 0 Å². The largest absolute Gasteiger partial charge is 0.482 e. The first-order valence-corrected chi connectivity index (χ1v) is 10.8. The van der Waals surface area contributed by atoms with Crippen LogP contribution in [0.4, 0.5) is 0 Å². The molecule has 1 heterocycles. The second kappa shape index (κ2) is 10.9. The van der Waals surface area contributed by atoms with E-state index < -0.39 is 5.97 Å². The van der Waals surface area contributed by atoms with Crippen molar-refractivity contribution >= 4 is 29.0 Å². The van der Waals surface area contributed by atoms with Crippen molar-refractivity contribution in [3.8, 4) is 17.0 Å². The maximum atomic E-state index is 13.0. The minimum Gasteiger partial charge on any atom is -0.482 e. The molecule has 0 saturated heterocycles. The Hall–Kier alpha value is -4.52. The Kier molecular flexibility index (Phi) is 7.25. The minimum atomic E-state index is -0.421. The molecule has 34 heavy (non-hydrogen) atoms. The number of carbonyl (C=O) groups is 2. The fourth-order valence-corrected chi connectivity index (χ4v) is 3.34. The molecule has 0 radical (unpaired) electrons. The monoisotopic (exact) mass is 453 g/mol. The zero-order chi connectivity index (χ0) is 23.8. The zero-order valence-electron chi connectivity index (χ0n) is 18.6. The second-order valence-corrected chi connectivity index (χ2v) is 7.30. The van der Waals surface area contributed by atoms with Crippen molar-refractivity contribution in [2.24, 2.45) is 5.10 Å². The number of para-hydroxylation sites is 1. The van der Waals surface area contributed by atoms with Crippen LogP contribution in [0.3, 0.4) is 0 Å². The summed E-state index contributed by atoms with van der Waals surface area (Å²) in [6.07, 6.45) is 1.54. The first-order valence-electron chi connectivity index (χ1n) is 10.8. The number of rotatable bonds is 8. The fraction of sp³-hybridized carbons (Fsp3) is 0.111. The molecule has 7 nitrogen and oxygen atoms in total. The van der Waals surface area contributed by atoms with Gasteiger partial charge in [-0.3, -0.25) is 4.79 Å². The van der Waals surface area contributed by atoms with Gasteiger partial charge in [-0.15, -0.1) is 0 Å². The number of carbonyl (C=O) groups excluding carboxylic acids is 2. The minimum absolute atomic E-state index is 0.151. The third kappa shape index (κ3) is 5.63. The lowest BCUT2D eigenvalue weighted by Crippen LogP contribution is -2.18. The lowest BCUT2D eigenvalue weighted by molar-refractivity contribution is -0.145. The number of hydrazone groups is 1. The molecule has 4 aromatic rings. The van der Waals surface area contributed by atoms with E-state index in [0.717, 1.165) is 22.0 Å². The molecule has 1 amide bonds. The van der Waals surface area contributed by atoms with E-state index in [2.05, 4.69) is 10.5 Å². The Labute approximate surface area is 197 Å². The number of amides is 1. The predicted octanol–water partition coefficient (Wildman–Crippen LogP) is 4.61. The summed E-state index contributed by atoms with van der Waals surface area (Å²) in [6, 6.07) is 26.0. The van der Waals surface area contributed by atoms with Crippen LogP contribution in [-0.4, -0.2) is 36.3 Å². The molecule has 0 atom stereocenters. The number of nitrogens with zero attached hydrogens (tertiary/aromatic N) is 2. The standard InChI is InChI=1S/C27H23N3O4/c1-2-33-26(31)18-34-21-14-12-19(13-15-21)17-28-30-27(32)23-16-25(20-8-4-3-5-9-20)29-24-11-7-6-10-22(23)24/h3-17H,2,18H2,1H3,(H,30,32)/b28-17+. The molecule has 0 aliphatic carbocycles. The van der Waals surface area contributed by atoms with Crippen LogP contribution in [0.2, 0.25) is 0 Å². The highest BCUT2D eigenvalue weighted by molar-refractivity contribution is 6.07. The van der Waals surface area contributed by atoms with Crippen LogP contribution in [0.25, 0.3) is 22.2 Å². The van der Waals surface area contributed by atoms with E-state index in [1.54, 1.807) is 37.3 Å². The van der Waals surface area contributed by atoms with E-state index >= 15 is 0 Å². The molecule has 1 aromatic heterocycles. The molecule has 0 spiro atoms. The van der Waals surface area contributed by atoms with Gasteiger partial charge in [-0.2, -0.15) is 5.10 Å². The van der Waals surface area contributed by atoms with Gasteiger partial charge < -0.3 is 9.47 Å². The van der Waals surface area contributed by atoms with Gasteiger partial charge in [0, 0.05) is 10.9 Å². The Morgan fingerprint density at radius 3 is 2.47 bits per heavy atom. The summed E-state index contributed by atoms with van der Waals surface area (Å²) < 4.78 is 10.2. The second-order valence-electron chi connectivity index (χ2n) is 7.30. The van der Waals surface area contributed by atoms with E-state index in [1.807, 2.05) is 54.6 Å². The Morgan fingerprint density at radius 2 is 1.71 bits per heavy atom. The number of ether oxygens (including phenoxy) is 2. The molecule has 0 unspecified atom stereocenters. The van der Waals surface area contributed by atoms with Crippen molar-refractivity contribution in [3.63, 3.8) is 0 Å². The molecule has 0 bridgehead atoms. The average Bonchev–Trinajstić information content (AvgIpc) is 2.88. The van der Waals surface area contributed by atoms with Crippen molar-refractivity contribution in [1.29, 1.82) is 0 Å². The molecule has 3 aromatic carbocycles. The highest BCUT2D eigenvalue weighted by Crippen LogP contribution is 2.24. The third-order valence-corrected chi connectivity index (χ3v) is 4.95. The molecule has 0 aliphatic heterocycles. The van der Waals surface area contributed by atoms with Crippen molar-refractivity contribution in [2.75, 3.05) is 13.2 Å². The van der Waals surface area contributed by atoms with E-state index in [1.165, 1.54) is 6.21 Å². The van der Waals surface area contributed by atoms with Crippen LogP contribution in [0.15, 0.2) is 90.0 Å². The number of hydrogen-bond acceptors (Lipinski definition) is 6. The highest BCUT2D eigenvalue weighted by Gasteiger charge is 2.13. The highest BCUT2D eigenvalue weighted by atomic mass is 16.6. The maximum absolute atomic E-state index is 13.0. The summed E-state index contributed by atoms with van der Waals surface area (Å²) in [5.41, 5.74) is 6.22. The normalized spacial score (nSPS) is 10.9. The third-order valence-electron chi connectivity index (χ3n) is 4.95. The molecule has 0 aliphatic rings. The van der Waals surface area contributed by atoms with Gasteiger partial charge in [0.15, 0.2) is 6.61 Å². The van der Waals surface area contributed by atoms with E-state index in [-0.39, 0.29) is 12.5 Å². The van der Waals surface area contributed by atoms with Gasteiger partial charge in [-0.05, 0) is 48.9 Å². The van der Waals surface area contributed by atoms with Crippen LogP contribution in [0.1, 0.15) is 22.8 Å². The van der Waals surface area contributed by atoms with Gasteiger partial charge in [0.1, 0.15) is 5.75 Å². The van der Waals surface area contributed by atoms with E-state index in [4.69, 9.17) is 14.5 Å². The van der Waals surface area contributed by atoms with Crippen LogP contribution >= 0.6 is 0 Å². The Bertz CT molecular complexity index is 1320. The Balaban J connectivity index is 1.46. The summed E-state index contributed by atoms with van der Waals surface area (Å²) >= 11 is 0. The van der Waals surface area contributed by atoms with Crippen LogP contribution in [0.5, 0.6) is 5.75 Å². The zero-order valence-corrected chi connectivity index (χ0v) is 18.6. The lowest BCUT2D eigenvalue weighted by Gasteiger charge is -2.09. The number of pyridine rings is 1. The smallest absolute Gasteiger partial charge is 0.344 e. The molecule has 170 valence electrons. The molecule has 7 heteroatoms. The summed E-state index contributed by atoms with van der Waals surface area (Å²) in [4.78, 5) is 29.1. The quantitative estimate of drug-likeness (QED) is 0.239. The number of aromatic nitrogens is 1. The maximum Gasteiger partial charge on any atom is 0.344 e. The average molecular weight is 453 g/mol. The summed E-state index contributed by atoms with van der Waals surface area (Å²) in [5.74, 6) is -0.220.